The topological polar surface area (TPSA) is 71.8 Å². The maximum absolute atomic E-state index is 12.8. The van der Waals surface area contributed by atoms with Crippen LogP contribution in [0.5, 0.6) is 0 Å². The number of nitrogens with zero attached hydrogens (tertiary/aromatic N) is 1. The Labute approximate surface area is 193 Å². The van der Waals surface area contributed by atoms with Gasteiger partial charge in [0.25, 0.3) is 0 Å². The molecule has 1 aromatic heterocycles. The number of morpholine rings is 1. The van der Waals surface area contributed by atoms with Crippen LogP contribution in [0.1, 0.15) is 48.7 Å². The monoisotopic (exact) mass is 444 g/mol. The normalized spacial score (nSPS) is 16.0. The second kappa shape index (κ2) is 8.61. The highest BCUT2D eigenvalue weighted by Gasteiger charge is 2.36. The fourth-order valence-electron chi connectivity index (χ4n) is 4.55. The lowest BCUT2D eigenvalue weighted by Gasteiger charge is -2.26. The van der Waals surface area contributed by atoms with E-state index in [1.54, 1.807) is 6.07 Å². The Bertz CT molecular complexity index is 1230. The van der Waals surface area contributed by atoms with Crippen LogP contribution in [0.15, 0.2) is 40.8 Å². The van der Waals surface area contributed by atoms with E-state index in [1.165, 1.54) is 5.56 Å². The Hall–Kier alpha value is -3.22. The van der Waals surface area contributed by atoms with E-state index in [4.69, 9.17) is 9.15 Å². The summed E-state index contributed by atoms with van der Waals surface area (Å²) < 4.78 is 11.6. The standard InChI is InChI=1S/C27H28N2O4/c1-16-12-21-22(13-17(16)2)27-24(26(31)25(21)30)18(3)23(33-27)14-28-20-6-4-19(5-7-20)15-29-8-10-32-11-9-29/h4-7,12-13,28H,8-11,14-15H2,1-3H3. The zero-order valence-corrected chi connectivity index (χ0v) is 19.3. The van der Waals surface area contributed by atoms with Crippen molar-refractivity contribution < 1.29 is 18.7 Å². The van der Waals surface area contributed by atoms with Gasteiger partial charge in [0, 0.05) is 42.0 Å². The molecule has 0 spiro atoms. The van der Waals surface area contributed by atoms with Crippen molar-refractivity contribution in [2.24, 2.45) is 0 Å². The van der Waals surface area contributed by atoms with Crippen LogP contribution in [-0.4, -0.2) is 42.8 Å². The summed E-state index contributed by atoms with van der Waals surface area (Å²) in [7, 11) is 0. The molecule has 33 heavy (non-hydrogen) atoms. The van der Waals surface area contributed by atoms with Gasteiger partial charge in [0.2, 0.25) is 11.6 Å². The summed E-state index contributed by atoms with van der Waals surface area (Å²) in [5.41, 5.74) is 6.55. The number of benzene rings is 2. The Morgan fingerprint density at radius 3 is 2.27 bits per heavy atom. The molecular formula is C27H28N2O4. The van der Waals surface area contributed by atoms with Gasteiger partial charge in [0.1, 0.15) is 11.5 Å². The second-order valence-electron chi connectivity index (χ2n) is 8.93. The summed E-state index contributed by atoms with van der Waals surface area (Å²) in [6.07, 6.45) is 0. The molecule has 2 heterocycles. The van der Waals surface area contributed by atoms with E-state index in [9.17, 15) is 9.59 Å². The van der Waals surface area contributed by atoms with Gasteiger partial charge in [-0.25, -0.2) is 0 Å². The third-order valence-corrected chi connectivity index (χ3v) is 6.72. The third kappa shape index (κ3) is 4.01. The van der Waals surface area contributed by atoms with E-state index in [0.29, 0.717) is 34.8 Å². The number of fused-ring (bicyclic) bond motifs is 3. The summed E-state index contributed by atoms with van der Waals surface area (Å²) >= 11 is 0. The number of nitrogens with one attached hydrogen (secondary N) is 1. The first-order valence-corrected chi connectivity index (χ1v) is 11.4. The van der Waals surface area contributed by atoms with Crippen LogP contribution in [-0.2, 0) is 17.8 Å². The average Bonchev–Trinajstić information content (AvgIpc) is 3.15. The van der Waals surface area contributed by atoms with Crippen molar-refractivity contribution in [3.8, 4) is 11.3 Å². The lowest BCUT2D eigenvalue weighted by molar-refractivity contribution is 0.0342. The molecule has 0 bridgehead atoms. The van der Waals surface area contributed by atoms with Gasteiger partial charge in [-0.15, -0.1) is 0 Å². The van der Waals surface area contributed by atoms with Gasteiger partial charge in [0.15, 0.2) is 0 Å². The fraction of sp³-hybridized carbons (Fsp3) is 0.333. The SMILES string of the molecule is Cc1cc2c(cc1C)-c1oc(CNc3ccc(CN4CCOCC4)cc3)c(C)c1C(=O)C2=O. The van der Waals surface area contributed by atoms with Crippen LogP contribution >= 0.6 is 0 Å². The van der Waals surface area contributed by atoms with Crippen molar-refractivity contribution in [3.05, 3.63) is 75.5 Å². The molecule has 3 aromatic rings. The van der Waals surface area contributed by atoms with Gasteiger partial charge in [0.05, 0.1) is 25.3 Å². The van der Waals surface area contributed by atoms with Crippen molar-refractivity contribution in [1.29, 1.82) is 0 Å². The van der Waals surface area contributed by atoms with Crippen molar-refractivity contribution in [3.63, 3.8) is 0 Å². The minimum atomic E-state index is -0.485. The lowest BCUT2D eigenvalue weighted by atomic mass is 9.85. The third-order valence-electron chi connectivity index (χ3n) is 6.72. The van der Waals surface area contributed by atoms with Gasteiger partial charge in [-0.2, -0.15) is 0 Å². The number of ketones is 2. The first-order chi connectivity index (χ1) is 15.9. The van der Waals surface area contributed by atoms with E-state index in [2.05, 4.69) is 34.5 Å². The number of carbonyl (C=O) groups excluding carboxylic acids is 2. The predicted molar refractivity (Wildman–Crippen MR) is 127 cm³/mol. The first-order valence-electron chi connectivity index (χ1n) is 11.4. The highest BCUT2D eigenvalue weighted by atomic mass is 16.5. The molecule has 0 amide bonds. The van der Waals surface area contributed by atoms with Crippen LogP contribution in [0.2, 0.25) is 0 Å². The summed E-state index contributed by atoms with van der Waals surface area (Å²) in [5, 5.41) is 3.39. The van der Waals surface area contributed by atoms with Crippen molar-refractivity contribution >= 4 is 17.3 Å². The molecule has 1 fully saturated rings. The number of anilines is 1. The number of carbonyl (C=O) groups is 2. The predicted octanol–water partition coefficient (Wildman–Crippen LogP) is 4.70. The van der Waals surface area contributed by atoms with Crippen LogP contribution in [0.3, 0.4) is 0 Å². The molecule has 1 N–H and O–H groups in total. The Morgan fingerprint density at radius 2 is 1.58 bits per heavy atom. The Balaban J connectivity index is 1.34. The van der Waals surface area contributed by atoms with Gasteiger partial charge in [-0.1, -0.05) is 12.1 Å². The molecule has 0 atom stereocenters. The number of hydrogen-bond acceptors (Lipinski definition) is 6. The molecule has 2 aromatic carbocycles. The summed E-state index contributed by atoms with van der Waals surface area (Å²) in [6.45, 7) is 10.7. The van der Waals surface area contributed by atoms with Crippen LogP contribution < -0.4 is 5.32 Å². The largest absolute Gasteiger partial charge is 0.458 e. The molecule has 1 aliphatic carbocycles. The maximum Gasteiger partial charge on any atom is 0.237 e. The molecule has 1 saturated heterocycles. The quantitative estimate of drug-likeness (QED) is 0.576. The van der Waals surface area contributed by atoms with E-state index in [0.717, 1.165) is 55.2 Å². The van der Waals surface area contributed by atoms with Crippen molar-refractivity contribution in [1.82, 2.24) is 4.90 Å². The number of aryl methyl sites for hydroxylation is 2. The molecule has 0 unspecified atom stereocenters. The fourth-order valence-corrected chi connectivity index (χ4v) is 4.55. The molecule has 170 valence electrons. The molecule has 0 radical (unpaired) electrons. The highest BCUT2D eigenvalue weighted by molar-refractivity contribution is 6.53. The zero-order valence-electron chi connectivity index (χ0n) is 19.3. The highest BCUT2D eigenvalue weighted by Crippen LogP contribution is 2.39. The van der Waals surface area contributed by atoms with Gasteiger partial charge in [-0.05, 0) is 61.7 Å². The average molecular weight is 445 g/mol. The molecule has 1 aliphatic heterocycles. The second-order valence-corrected chi connectivity index (χ2v) is 8.93. The Kier molecular flexibility index (Phi) is 5.64. The smallest absolute Gasteiger partial charge is 0.237 e. The minimum absolute atomic E-state index is 0.397. The van der Waals surface area contributed by atoms with E-state index in [-0.39, 0.29) is 0 Å². The van der Waals surface area contributed by atoms with Gasteiger partial charge >= 0.3 is 0 Å². The lowest BCUT2D eigenvalue weighted by Crippen LogP contribution is -2.35. The van der Waals surface area contributed by atoms with Crippen LogP contribution in [0, 0.1) is 20.8 Å². The zero-order chi connectivity index (χ0) is 23.1. The number of furan rings is 1. The van der Waals surface area contributed by atoms with Gasteiger partial charge in [-0.3, -0.25) is 14.5 Å². The van der Waals surface area contributed by atoms with Crippen LogP contribution in [0.4, 0.5) is 5.69 Å². The molecule has 2 aliphatic rings. The number of Topliss-reactive ketones (excluding diaryl/α,β-unsaturated/α-hetero) is 2. The van der Waals surface area contributed by atoms with E-state index < -0.39 is 11.6 Å². The van der Waals surface area contributed by atoms with Crippen molar-refractivity contribution in [2.45, 2.75) is 33.9 Å². The first kappa shape index (κ1) is 21.6. The molecule has 6 nitrogen and oxygen atoms in total. The number of ether oxygens (including phenoxy) is 1. The summed E-state index contributed by atoms with van der Waals surface area (Å²) in [6, 6.07) is 12.1. The van der Waals surface area contributed by atoms with E-state index in [1.807, 2.05) is 26.8 Å². The maximum atomic E-state index is 12.8. The van der Waals surface area contributed by atoms with E-state index >= 15 is 0 Å². The molecular weight excluding hydrogens is 416 g/mol. The minimum Gasteiger partial charge on any atom is -0.458 e. The molecule has 0 saturated carbocycles. The Morgan fingerprint density at radius 1 is 0.909 bits per heavy atom. The van der Waals surface area contributed by atoms with Gasteiger partial charge < -0.3 is 14.5 Å². The number of rotatable bonds is 5. The molecule has 6 heteroatoms. The summed E-state index contributed by atoms with van der Waals surface area (Å²) in [5.74, 6) is 0.234. The van der Waals surface area contributed by atoms with Crippen molar-refractivity contribution in [2.75, 3.05) is 31.6 Å². The van der Waals surface area contributed by atoms with Crippen LogP contribution in [0.25, 0.3) is 11.3 Å². The molecule has 5 rings (SSSR count). The summed E-state index contributed by atoms with van der Waals surface area (Å²) in [4.78, 5) is 28.0. The number of hydrogen-bond donors (Lipinski definition) is 1.